The maximum Gasteiger partial charge on any atom is 0.258 e. The number of amides is 2. The topological polar surface area (TPSA) is 72.9 Å². The van der Waals surface area contributed by atoms with E-state index in [1.807, 2.05) is 50.2 Å². The van der Waals surface area contributed by atoms with Gasteiger partial charge in [-0.15, -0.1) is 0 Å². The normalized spacial score (nSPS) is 14.6. The van der Waals surface area contributed by atoms with E-state index < -0.39 is 5.60 Å². The minimum atomic E-state index is -0.674. The van der Waals surface area contributed by atoms with Crippen molar-refractivity contribution in [2.75, 3.05) is 4.90 Å². The van der Waals surface area contributed by atoms with E-state index in [4.69, 9.17) is 9.47 Å². The van der Waals surface area contributed by atoms with E-state index in [0.717, 1.165) is 22.6 Å². The van der Waals surface area contributed by atoms with Crippen molar-refractivity contribution in [3.63, 3.8) is 0 Å². The predicted molar refractivity (Wildman–Crippen MR) is 206 cm³/mol. The van der Waals surface area contributed by atoms with Crippen molar-refractivity contribution in [3.05, 3.63) is 167 Å². The van der Waals surface area contributed by atoms with E-state index in [0.29, 0.717) is 40.7 Å². The number of imide groups is 1. The predicted octanol–water partition coefficient (Wildman–Crippen LogP) is 10.7. The molecule has 264 valence electrons. The molecule has 0 aliphatic carbocycles. The summed E-state index contributed by atoms with van der Waals surface area (Å²) < 4.78 is 12.6. The van der Waals surface area contributed by atoms with E-state index in [9.17, 15) is 14.4 Å². The molecule has 0 spiro atoms. The number of benzene rings is 5. The number of nitrogens with zero attached hydrogens (tertiary/aromatic N) is 1. The number of hydrogen-bond donors (Lipinski definition) is 0. The van der Waals surface area contributed by atoms with Gasteiger partial charge < -0.3 is 9.47 Å². The molecule has 2 amide bonds. The van der Waals surface area contributed by atoms with Crippen LogP contribution in [0.5, 0.6) is 17.2 Å². The Morgan fingerprint density at radius 3 is 1.54 bits per heavy atom. The first-order valence-electron chi connectivity index (χ1n) is 17.9. The molecule has 2 atom stereocenters. The molecule has 0 saturated heterocycles. The zero-order valence-electron chi connectivity index (χ0n) is 30.7. The molecule has 52 heavy (non-hydrogen) atoms. The van der Waals surface area contributed by atoms with Gasteiger partial charge in [-0.2, -0.15) is 0 Å². The van der Waals surface area contributed by atoms with Crippen molar-refractivity contribution in [2.45, 2.75) is 71.3 Å². The zero-order chi connectivity index (χ0) is 37.0. The number of anilines is 1. The Balaban J connectivity index is 1.07. The SMILES string of the molecule is CCC(C)c1ccc(C(C)(C)c2ccc(Oc3ccc(C(=O)c4ccc(OC(C)(CC)c5ccc(N6C(=O)C=CC6=O)cc5)cc4)cc3)cc2)cc1. The van der Waals surface area contributed by atoms with Gasteiger partial charge in [0.25, 0.3) is 11.8 Å². The van der Waals surface area contributed by atoms with Gasteiger partial charge in [0.2, 0.25) is 0 Å². The third-order valence-corrected chi connectivity index (χ3v) is 10.4. The van der Waals surface area contributed by atoms with Crippen molar-refractivity contribution in [2.24, 2.45) is 0 Å². The van der Waals surface area contributed by atoms with Crippen LogP contribution in [-0.4, -0.2) is 17.6 Å². The second-order valence-corrected chi connectivity index (χ2v) is 14.1. The average Bonchev–Trinajstić information content (AvgIpc) is 3.52. The second kappa shape index (κ2) is 14.8. The van der Waals surface area contributed by atoms with E-state index >= 15 is 0 Å². The van der Waals surface area contributed by atoms with Crippen LogP contribution in [0.1, 0.15) is 98.5 Å². The van der Waals surface area contributed by atoms with Crippen LogP contribution in [0, 0.1) is 0 Å². The van der Waals surface area contributed by atoms with Crippen LogP contribution in [0.4, 0.5) is 5.69 Å². The molecular weight excluding hydrogens is 647 g/mol. The highest BCUT2D eigenvalue weighted by atomic mass is 16.5. The summed E-state index contributed by atoms with van der Waals surface area (Å²) in [6, 6.07) is 38.7. The number of carbonyl (C=O) groups excluding carboxylic acids is 3. The van der Waals surface area contributed by atoms with Gasteiger partial charge in [0.1, 0.15) is 22.8 Å². The van der Waals surface area contributed by atoms with Crippen LogP contribution in [0.2, 0.25) is 0 Å². The Morgan fingerprint density at radius 1 is 0.615 bits per heavy atom. The van der Waals surface area contributed by atoms with E-state index in [1.54, 1.807) is 48.5 Å². The van der Waals surface area contributed by atoms with Gasteiger partial charge in [0.05, 0.1) is 5.69 Å². The third kappa shape index (κ3) is 7.47. The zero-order valence-corrected chi connectivity index (χ0v) is 30.7. The highest BCUT2D eigenvalue weighted by Gasteiger charge is 2.29. The summed E-state index contributed by atoms with van der Waals surface area (Å²) in [6.07, 6.45) is 4.33. The molecule has 1 aliphatic rings. The number of ether oxygens (including phenoxy) is 2. The van der Waals surface area contributed by atoms with Gasteiger partial charge in [-0.25, -0.2) is 4.90 Å². The monoisotopic (exact) mass is 691 g/mol. The molecule has 2 unspecified atom stereocenters. The number of rotatable bonds is 13. The van der Waals surface area contributed by atoms with Crippen LogP contribution in [0.15, 0.2) is 133 Å². The van der Waals surface area contributed by atoms with Crippen molar-refractivity contribution < 1.29 is 23.9 Å². The van der Waals surface area contributed by atoms with Crippen LogP contribution in [0.3, 0.4) is 0 Å². The molecule has 6 nitrogen and oxygen atoms in total. The molecular formula is C46H45NO5. The average molecular weight is 692 g/mol. The Kier molecular flexibility index (Phi) is 10.3. The summed E-state index contributed by atoms with van der Waals surface area (Å²) >= 11 is 0. The molecule has 0 aromatic heterocycles. The molecule has 0 fully saturated rings. The Labute approximate surface area is 306 Å². The first-order valence-corrected chi connectivity index (χ1v) is 17.9. The lowest BCUT2D eigenvalue weighted by Gasteiger charge is -2.30. The summed E-state index contributed by atoms with van der Waals surface area (Å²) in [7, 11) is 0. The fourth-order valence-electron chi connectivity index (χ4n) is 6.43. The van der Waals surface area contributed by atoms with Gasteiger partial charge in [-0.3, -0.25) is 14.4 Å². The highest BCUT2D eigenvalue weighted by Crippen LogP contribution is 2.35. The van der Waals surface area contributed by atoms with Gasteiger partial charge in [-0.05, 0) is 121 Å². The number of hydrogen-bond acceptors (Lipinski definition) is 5. The van der Waals surface area contributed by atoms with Crippen molar-refractivity contribution >= 4 is 23.3 Å². The summed E-state index contributed by atoms with van der Waals surface area (Å²) in [5.41, 5.74) is 5.53. The molecule has 0 saturated carbocycles. The van der Waals surface area contributed by atoms with Crippen molar-refractivity contribution in [3.8, 4) is 17.2 Å². The van der Waals surface area contributed by atoms with E-state index in [-0.39, 0.29) is 23.0 Å². The van der Waals surface area contributed by atoms with Gasteiger partial charge >= 0.3 is 0 Å². The maximum atomic E-state index is 13.4. The molecule has 5 aromatic rings. The minimum Gasteiger partial charge on any atom is -0.483 e. The van der Waals surface area contributed by atoms with Crippen LogP contribution < -0.4 is 14.4 Å². The Hall–Kier alpha value is -5.75. The third-order valence-electron chi connectivity index (χ3n) is 10.4. The summed E-state index contributed by atoms with van der Waals surface area (Å²) in [5.74, 6) is 1.74. The molecule has 5 aromatic carbocycles. The summed E-state index contributed by atoms with van der Waals surface area (Å²) in [4.78, 5) is 38.6. The lowest BCUT2D eigenvalue weighted by atomic mass is 9.77. The second-order valence-electron chi connectivity index (χ2n) is 14.1. The lowest BCUT2D eigenvalue weighted by molar-refractivity contribution is -0.119. The Bertz CT molecular complexity index is 2060. The molecule has 1 aliphatic heterocycles. The molecule has 0 radical (unpaired) electrons. The van der Waals surface area contributed by atoms with Crippen LogP contribution in [-0.2, 0) is 20.6 Å². The maximum absolute atomic E-state index is 13.4. The van der Waals surface area contributed by atoms with E-state index in [2.05, 4.69) is 64.1 Å². The number of ketones is 1. The number of carbonyl (C=O) groups is 3. The van der Waals surface area contributed by atoms with Gasteiger partial charge in [0, 0.05) is 28.7 Å². The van der Waals surface area contributed by atoms with Crippen molar-refractivity contribution in [1.29, 1.82) is 0 Å². The first kappa shape index (κ1) is 36.1. The van der Waals surface area contributed by atoms with Crippen molar-refractivity contribution in [1.82, 2.24) is 0 Å². The fourth-order valence-corrected chi connectivity index (χ4v) is 6.43. The quantitative estimate of drug-likeness (QED) is 0.0908. The molecule has 6 heteroatoms. The lowest BCUT2D eigenvalue weighted by Crippen LogP contribution is -2.30. The summed E-state index contributed by atoms with van der Waals surface area (Å²) in [6.45, 7) is 13.0. The summed E-state index contributed by atoms with van der Waals surface area (Å²) in [5, 5.41) is 0. The minimum absolute atomic E-state index is 0.101. The van der Waals surface area contributed by atoms with E-state index in [1.165, 1.54) is 28.8 Å². The smallest absolute Gasteiger partial charge is 0.258 e. The molecule has 1 heterocycles. The first-order chi connectivity index (χ1) is 24.9. The van der Waals surface area contributed by atoms with Crippen LogP contribution in [0.25, 0.3) is 0 Å². The fraction of sp³-hybridized carbons (Fsp3) is 0.239. The van der Waals surface area contributed by atoms with Crippen LogP contribution >= 0.6 is 0 Å². The molecule has 0 N–H and O–H groups in total. The Morgan fingerprint density at radius 2 is 1.06 bits per heavy atom. The standard InChI is InChI=1S/C46H45NO5/c1-7-31(3)32-9-15-35(16-10-32)45(4,5)36-19-27-40(28-20-36)51-39-23-11-33(12-24-39)44(50)34-13-25-41(26-14-34)52-46(6,8-2)37-17-21-38(22-18-37)47-42(48)29-30-43(47)49/h9-31H,7-8H2,1-6H3. The van der Waals surface area contributed by atoms with Gasteiger partial charge in [-0.1, -0.05) is 83.1 Å². The largest absolute Gasteiger partial charge is 0.483 e. The van der Waals surface area contributed by atoms with Gasteiger partial charge in [0.15, 0.2) is 5.78 Å². The highest BCUT2D eigenvalue weighted by molar-refractivity contribution is 6.28. The molecule has 0 bridgehead atoms. The molecule has 6 rings (SSSR count).